The van der Waals surface area contributed by atoms with E-state index >= 15 is 0 Å². The Balaban J connectivity index is 2.24. The van der Waals surface area contributed by atoms with E-state index in [1.54, 1.807) is 23.5 Å². The summed E-state index contributed by atoms with van der Waals surface area (Å²) in [6, 6.07) is 8.97. The van der Waals surface area contributed by atoms with Gasteiger partial charge in [-0.15, -0.1) is 11.3 Å². The Kier molecular flexibility index (Phi) is 4.62. The molecule has 1 aromatic carbocycles. The molecule has 0 bridgehead atoms. The quantitative estimate of drug-likeness (QED) is 0.616. The highest BCUT2D eigenvalue weighted by atomic mass is 35.5. The zero-order valence-electron chi connectivity index (χ0n) is 11.2. The lowest BCUT2D eigenvalue weighted by atomic mass is 10.0. The average molecular weight is 311 g/mol. The van der Waals surface area contributed by atoms with Crippen LogP contribution in [-0.2, 0) is 0 Å². The third kappa shape index (κ3) is 3.29. The second kappa shape index (κ2) is 6.24. The number of hydrogen-bond acceptors (Lipinski definition) is 4. The molecule has 1 unspecified atom stereocenters. The molecule has 0 aliphatic heterocycles. The number of thiophene rings is 1. The summed E-state index contributed by atoms with van der Waals surface area (Å²) in [6.45, 7) is 4.26. The number of nitro benzene ring substituents is 1. The molecule has 1 aromatic heterocycles. The molecule has 20 heavy (non-hydrogen) atoms. The Labute approximate surface area is 126 Å². The minimum atomic E-state index is -0.481. The van der Waals surface area contributed by atoms with E-state index in [4.69, 9.17) is 11.6 Å². The zero-order chi connectivity index (χ0) is 14.7. The summed E-state index contributed by atoms with van der Waals surface area (Å²) in [4.78, 5) is 11.5. The Morgan fingerprint density at radius 2 is 2.10 bits per heavy atom. The van der Waals surface area contributed by atoms with E-state index in [2.05, 4.69) is 25.2 Å². The molecule has 2 aromatic rings. The molecule has 1 heterocycles. The van der Waals surface area contributed by atoms with Crippen molar-refractivity contribution in [1.82, 2.24) is 0 Å². The van der Waals surface area contributed by atoms with Crippen molar-refractivity contribution in [1.29, 1.82) is 0 Å². The van der Waals surface area contributed by atoms with Gasteiger partial charge in [-0.1, -0.05) is 31.5 Å². The second-order valence-electron chi connectivity index (χ2n) is 4.80. The summed E-state index contributed by atoms with van der Waals surface area (Å²) in [6.07, 6.45) is 0. The van der Waals surface area contributed by atoms with Crippen molar-refractivity contribution in [3.8, 4) is 0 Å². The molecular formula is C14H15ClN2O2S. The standard InChI is InChI=1S/C14H15ClN2O2S/c1-9(2)14(13-4-3-7-20-13)16-10-5-6-12(17(18)19)11(15)8-10/h3-9,14,16H,1-2H3. The fraction of sp³-hybridized carbons (Fsp3) is 0.286. The first-order chi connectivity index (χ1) is 9.49. The fourth-order valence-electron chi connectivity index (χ4n) is 1.96. The van der Waals surface area contributed by atoms with Crippen LogP contribution in [0.4, 0.5) is 11.4 Å². The smallest absolute Gasteiger partial charge is 0.288 e. The number of benzene rings is 1. The third-order valence-electron chi connectivity index (χ3n) is 2.98. The topological polar surface area (TPSA) is 55.2 Å². The number of halogens is 1. The van der Waals surface area contributed by atoms with Crippen LogP contribution in [0.25, 0.3) is 0 Å². The summed E-state index contributed by atoms with van der Waals surface area (Å²) in [5.41, 5.74) is 0.710. The van der Waals surface area contributed by atoms with E-state index in [1.165, 1.54) is 10.9 Å². The minimum absolute atomic E-state index is 0.0746. The van der Waals surface area contributed by atoms with Gasteiger partial charge in [0.1, 0.15) is 5.02 Å². The highest BCUT2D eigenvalue weighted by molar-refractivity contribution is 7.10. The highest BCUT2D eigenvalue weighted by Crippen LogP contribution is 2.32. The maximum atomic E-state index is 10.8. The van der Waals surface area contributed by atoms with Crippen molar-refractivity contribution in [2.45, 2.75) is 19.9 Å². The van der Waals surface area contributed by atoms with E-state index in [0.717, 1.165) is 5.69 Å². The summed E-state index contributed by atoms with van der Waals surface area (Å²) in [5, 5.41) is 16.3. The van der Waals surface area contributed by atoms with Gasteiger partial charge in [0.2, 0.25) is 0 Å². The number of anilines is 1. The van der Waals surface area contributed by atoms with Gasteiger partial charge in [-0.05, 0) is 29.5 Å². The zero-order valence-corrected chi connectivity index (χ0v) is 12.7. The van der Waals surface area contributed by atoms with Crippen LogP contribution in [-0.4, -0.2) is 4.92 Å². The monoisotopic (exact) mass is 310 g/mol. The molecule has 0 spiro atoms. The SMILES string of the molecule is CC(C)C(Nc1ccc([N+](=O)[O-])c(Cl)c1)c1cccs1. The van der Waals surface area contributed by atoms with E-state index in [9.17, 15) is 10.1 Å². The molecule has 0 saturated carbocycles. The van der Waals surface area contributed by atoms with Crippen LogP contribution in [0.15, 0.2) is 35.7 Å². The molecule has 1 N–H and O–H groups in total. The van der Waals surface area contributed by atoms with E-state index < -0.39 is 4.92 Å². The average Bonchev–Trinajstić information content (AvgIpc) is 2.88. The molecule has 1 atom stereocenters. The Morgan fingerprint density at radius 3 is 2.60 bits per heavy atom. The predicted octanol–water partition coefficient (Wildman–Crippen LogP) is 5.12. The molecule has 0 amide bonds. The summed E-state index contributed by atoms with van der Waals surface area (Å²) >= 11 is 7.62. The normalized spacial score (nSPS) is 12.4. The largest absolute Gasteiger partial charge is 0.377 e. The highest BCUT2D eigenvalue weighted by Gasteiger charge is 2.18. The Morgan fingerprint density at radius 1 is 1.35 bits per heavy atom. The van der Waals surface area contributed by atoms with E-state index in [1.807, 2.05) is 11.4 Å². The number of nitrogens with one attached hydrogen (secondary N) is 1. The van der Waals surface area contributed by atoms with Gasteiger partial charge < -0.3 is 5.32 Å². The first-order valence-electron chi connectivity index (χ1n) is 6.23. The third-order valence-corrected chi connectivity index (χ3v) is 4.24. The number of nitro groups is 1. The van der Waals surface area contributed by atoms with Crippen LogP contribution in [0.2, 0.25) is 5.02 Å². The lowest BCUT2D eigenvalue weighted by molar-refractivity contribution is -0.384. The maximum Gasteiger partial charge on any atom is 0.288 e. The number of nitrogens with zero attached hydrogens (tertiary/aromatic N) is 1. The molecule has 0 aliphatic rings. The molecule has 106 valence electrons. The number of hydrogen-bond donors (Lipinski definition) is 1. The molecule has 2 rings (SSSR count). The van der Waals surface area contributed by atoms with Crippen molar-refractivity contribution in [2.24, 2.45) is 5.92 Å². The van der Waals surface area contributed by atoms with Crippen molar-refractivity contribution < 1.29 is 4.92 Å². The van der Waals surface area contributed by atoms with Gasteiger partial charge in [0, 0.05) is 16.6 Å². The van der Waals surface area contributed by atoms with Crippen LogP contribution < -0.4 is 5.32 Å². The molecule has 0 fully saturated rings. The first-order valence-corrected chi connectivity index (χ1v) is 7.48. The maximum absolute atomic E-state index is 10.8. The Hall–Kier alpha value is -1.59. The molecule has 0 radical (unpaired) electrons. The summed E-state index contributed by atoms with van der Waals surface area (Å²) in [5.74, 6) is 0.391. The van der Waals surface area contributed by atoms with Crippen molar-refractivity contribution in [3.05, 3.63) is 55.7 Å². The molecule has 0 aliphatic carbocycles. The summed E-state index contributed by atoms with van der Waals surface area (Å²) < 4.78 is 0. The van der Waals surface area contributed by atoms with Gasteiger partial charge in [0.25, 0.3) is 5.69 Å². The molecule has 6 heteroatoms. The van der Waals surface area contributed by atoms with E-state index in [-0.39, 0.29) is 16.8 Å². The number of rotatable bonds is 5. The van der Waals surface area contributed by atoms with Crippen molar-refractivity contribution >= 4 is 34.3 Å². The van der Waals surface area contributed by atoms with E-state index in [0.29, 0.717) is 5.92 Å². The van der Waals surface area contributed by atoms with Crippen molar-refractivity contribution in [3.63, 3.8) is 0 Å². The van der Waals surface area contributed by atoms with Gasteiger partial charge in [-0.2, -0.15) is 0 Å². The molecule has 0 saturated heterocycles. The lowest BCUT2D eigenvalue weighted by Gasteiger charge is -2.22. The van der Waals surface area contributed by atoms with Crippen LogP contribution >= 0.6 is 22.9 Å². The van der Waals surface area contributed by atoms with Crippen LogP contribution in [0.3, 0.4) is 0 Å². The second-order valence-corrected chi connectivity index (χ2v) is 6.19. The van der Waals surface area contributed by atoms with Crippen LogP contribution in [0.5, 0.6) is 0 Å². The van der Waals surface area contributed by atoms with Gasteiger partial charge in [0.05, 0.1) is 11.0 Å². The molecular weight excluding hydrogens is 296 g/mol. The van der Waals surface area contributed by atoms with Gasteiger partial charge in [-0.25, -0.2) is 0 Å². The van der Waals surface area contributed by atoms with Gasteiger partial charge in [-0.3, -0.25) is 10.1 Å². The predicted molar refractivity (Wildman–Crippen MR) is 83.6 cm³/mol. The van der Waals surface area contributed by atoms with Gasteiger partial charge >= 0.3 is 0 Å². The summed E-state index contributed by atoms with van der Waals surface area (Å²) in [7, 11) is 0. The Bertz CT molecular complexity index is 599. The van der Waals surface area contributed by atoms with Gasteiger partial charge in [0.15, 0.2) is 0 Å². The molecule has 4 nitrogen and oxygen atoms in total. The fourth-order valence-corrected chi connectivity index (χ4v) is 3.16. The van der Waals surface area contributed by atoms with Crippen LogP contribution in [0.1, 0.15) is 24.8 Å². The lowest BCUT2D eigenvalue weighted by Crippen LogP contribution is -2.15. The first kappa shape index (κ1) is 14.8. The van der Waals surface area contributed by atoms with Crippen LogP contribution in [0, 0.1) is 16.0 Å². The minimum Gasteiger partial charge on any atom is -0.377 e. The van der Waals surface area contributed by atoms with Crippen molar-refractivity contribution in [2.75, 3.05) is 5.32 Å².